The zero-order valence-corrected chi connectivity index (χ0v) is 15.7. The van der Waals surface area contributed by atoms with E-state index in [-0.39, 0.29) is 18.0 Å². The van der Waals surface area contributed by atoms with Gasteiger partial charge in [-0.15, -0.1) is 0 Å². The smallest absolute Gasteiger partial charge is 0.409 e. The molecule has 2 aromatic rings. The minimum atomic E-state index is -0.641. The van der Waals surface area contributed by atoms with E-state index < -0.39 is 5.41 Å². The Balaban J connectivity index is 1.64. The third-order valence-corrected chi connectivity index (χ3v) is 5.19. The van der Waals surface area contributed by atoms with Crippen LogP contribution < -0.4 is 5.32 Å². The number of ether oxygens (including phenoxy) is 1. The molecule has 2 heterocycles. The molecule has 0 bridgehead atoms. The fourth-order valence-electron chi connectivity index (χ4n) is 3.50. The maximum Gasteiger partial charge on any atom is 0.409 e. The SMILES string of the molecule is CCOC(=O)N1CCC(NC(=O)C(C)(C)c2c[nH]c3ccccc23)CC1. The van der Waals surface area contributed by atoms with Gasteiger partial charge in [0.2, 0.25) is 5.91 Å². The van der Waals surface area contributed by atoms with Crippen molar-refractivity contribution in [3.05, 3.63) is 36.0 Å². The summed E-state index contributed by atoms with van der Waals surface area (Å²) < 4.78 is 5.04. The number of hydrogen-bond acceptors (Lipinski definition) is 3. The highest BCUT2D eigenvalue weighted by atomic mass is 16.6. The summed E-state index contributed by atoms with van der Waals surface area (Å²) >= 11 is 0. The van der Waals surface area contributed by atoms with Gasteiger partial charge in [0.15, 0.2) is 0 Å². The highest BCUT2D eigenvalue weighted by molar-refractivity contribution is 5.94. The number of aromatic nitrogens is 1. The monoisotopic (exact) mass is 357 g/mol. The summed E-state index contributed by atoms with van der Waals surface area (Å²) in [7, 11) is 0. The highest BCUT2D eigenvalue weighted by Crippen LogP contribution is 2.31. The molecule has 1 saturated heterocycles. The Morgan fingerprint density at radius 2 is 1.96 bits per heavy atom. The lowest BCUT2D eigenvalue weighted by atomic mass is 9.83. The molecule has 2 amide bonds. The summed E-state index contributed by atoms with van der Waals surface area (Å²) in [6.07, 6.45) is 3.15. The van der Waals surface area contributed by atoms with Crippen LogP contribution >= 0.6 is 0 Å². The third-order valence-electron chi connectivity index (χ3n) is 5.19. The summed E-state index contributed by atoms with van der Waals surface area (Å²) in [4.78, 5) is 29.7. The summed E-state index contributed by atoms with van der Waals surface area (Å²) in [5, 5.41) is 4.25. The average Bonchev–Trinajstić information content (AvgIpc) is 3.07. The Kier molecular flexibility index (Phi) is 5.20. The maximum absolute atomic E-state index is 13.0. The number of hydrogen-bond donors (Lipinski definition) is 2. The van der Waals surface area contributed by atoms with Crippen molar-refractivity contribution < 1.29 is 14.3 Å². The Hall–Kier alpha value is -2.50. The van der Waals surface area contributed by atoms with E-state index >= 15 is 0 Å². The molecule has 6 heteroatoms. The van der Waals surface area contributed by atoms with Crippen molar-refractivity contribution in [2.24, 2.45) is 0 Å². The molecule has 2 N–H and O–H groups in total. The number of carbonyl (C=O) groups is 2. The van der Waals surface area contributed by atoms with Gasteiger partial charge < -0.3 is 19.9 Å². The molecule has 6 nitrogen and oxygen atoms in total. The van der Waals surface area contributed by atoms with E-state index in [1.807, 2.05) is 44.3 Å². The number of likely N-dealkylation sites (tertiary alicyclic amines) is 1. The third kappa shape index (κ3) is 3.54. The minimum Gasteiger partial charge on any atom is -0.450 e. The molecule has 1 aliphatic heterocycles. The molecule has 0 radical (unpaired) electrons. The second-order valence-corrected chi connectivity index (χ2v) is 7.31. The van der Waals surface area contributed by atoms with E-state index in [2.05, 4.69) is 10.3 Å². The molecule has 0 unspecified atom stereocenters. The number of nitrogens with zero attached hydrogens (tertiary/aromatic N) is 1. The lowest BCUT2D eigenvalue weighted by Crippen LogP contribution is -2.50. The van der Waals surface area contributed by atoms with E-state index in [9.17, 15) is 9.59 Å². The van der Waals surface area contributed by atoms with Crippen LogP contribution in [-0.4, -0.2) is 47.6 Å². The van der Waals surface area contributed by atoms with E-state index in [1.54, 1.807) is 11.8 Å². The zero-order valence-electron chi connectivity index (χ0n) is 15.7. The molecule has 140 valence electrons. The maximum atomic E-state index is 13.0. The molecule has 1 aliphatic rings. The molecule has 0 saturated carbocycles. The number of H-pyrrole nitrogens is 1. The van der Waals surface area contributed by atoms with Gasteiger partial charge in [-0.05, 0) is 45.2 Å². The lowest BCUT2D eigenvalue weighted by Gasteiger charge is -2.33. The van der Waals surface area contributed by atoms with Crippen molar-refractivity contribution >= 4 is 22.9 Å². The van der Waals surface area contributed by atoms with Gasteiger partial charge in [0.25, 0.3) is 0 Å². The van der Waals surface area contributed by atoms with Crippen LogP contribution in [0.4, 0.5) is 4.79 Å². The van der Waals surface area contributed by atoms with Gasteiger partial charge in [-0.1, -0.05) is 18.2 Å². The molecule has 26 heavy (non-hydrogen) atoms. The van der Waals surface area contributed by atoms with Gasteiger partial charge in [-0.25, -0.2) is 4.79 Å². The molecular formula is C20H27N3O3. The van der Waals surface area contributed by atoms with Gasteiger partial charge in [0.05, 0.1) is 12.0 Å². The molecule has 3 rings (SSSR count). The fraction of sp³-hybridized carbons (Fsp3) is 0.500. The topological polar surface area (TPSA) is 74.4 Å². The van der Waals surface area contributed by atoms with Crippen molar-refractivity contribution in [3.63, 3.8) is 0 Å². The Morgan fingerprint density at radius 1 is 1.27 bits per heavy atom. The van der Waals surface area contributed by atoms with Gasteiger partial charge in [0.1, 0.15) is 0 Å². The number of fused-ring (bicyclic) bond motifs is 1. The number of amides is 2. The second-order valence-electron chi connectivity index (χ2n) is 7.31. The molecule has 0 atom stereocenters. The predicted octanol–water partition coefficient (Wildman–Crippen LogP) is 3.18. The molecule has 1 aromatic heterocycles. The predicted molar refractivity (Wildman–Crippen MR) is 101 cm³/mol. The van der Waals surface area contributed by atoms with E-state index in [1.165, 1.54) is 0 Å². The van der Waals surface area contributed by atoms with Crippen molar-refractivity contribution in [2.75, 3.05) is 19.7 Å². The van der Waals surface area contributed by atoms with Crippen LogP contribution in [0.1, 0.15) is 39.2 Å². The van der Waals surface area contributed by atoms with Gasteiger partial charge in [0, 0.05) is 36.2 Å². The summed E-state index contributed by atoms with van der Waals surface area (Å²) in [5.41, 5.74) is 1.39. The molecule has 0 spiro atoms. The van der Waals surface area contributed by atoms with Crippen molar-refractivity contribution in [3.8, 4) is 0 Å². The summed E-state index contributed by atoms with van der Waals surface area (Å²) in [6.45, 7) is 7.30. The largest absolute Gasteiger partial charge is 0.450 e. The van der Waals surface area contributed by atoms with Gasteiger partial charge >= 0.3 is 6.09 Å². The average molecular weight is 357 g/mol. The van der Waals surface area contributed by atoms with Crippen LogP contribution in [0.2, 0.25) is 0 Å². The van der Waals surface area contributed by atoms with Crippen LogP contribution in [0, 0.1) is 0 Å². The molecule has 1 aromatic carbocycles. The van der Waals surface area contributed by atoms with Crippen molar-refractivity contribution in [1.82, 2.24) is 15.2 Å². The number of aromatic amines is 1. The van der Waals surface area contributed by atoms with Gasteiger partial charge in [-0.2, -0.15) is 0 Å². The number of carbonyl (C=O) groups excluding carboxylic acids is 2. The number of benzene rings is 1. The van der Waals surface area contributed by atoms with Crippen LogP contribution in [0.25, 0.3) is 10.9 Å². The molecule has 1 fully saturated rings. The number of nitrogens with one attached hydrogen (secondary N) is 2. The number of para-hydroxylation sites is 1. The van der Waals surface area contributed by atoms with Crippen LogP contribution in [0.15, 0.2) is 30.5 Å². The first-order chi connectivity index (χ1) is 12.4. The quantitative estimate of drug-likeness (QED) is 0.882. The highest BCUT2D eigenvalue weighted by Gasteiger charge is 2.34. The van der Waals surface area contributed by atoms with Crippen molar-refractivity contribution in [2.45, 2.75) is 45.1 Å². The first-order valence-electron chi connectivity index (χ1n) is 9.22. The fourth-order valence-corrected chi connectivity index (χ4v) is 3.50. The Morgan fingerprint density at radius 3 is 2.65 bits per heavy atom. The van der Waals surface area contributed by atoms with E-state index in [0.717, 1.165) is 29.3 Å². The zero-order chi connectivity index (χ0) is 18.7. The van der Waals surface area contributed by atoms with Crippen LogP contribution in [0.3, 0.4) is 0 Å². The van der Waals surface area contributed by atoms with Crippen LogP contribution in [-0.2, 0) is 14.9 Å². The minimum absolute atomic E-state index is 0.0110. The first kappa shape index (κ1) is 18.3. The Labute approximate surface area is 153 Å². The van der Waals surface area contributed by atoms with E-state index in [0.29, 0.717) is 19.7 Å². The first-order valence-corrected chi connectivity index (χ1v) is 9.22. The number of piperidine rings is 1. The second kappa shape index (κ2) is 7.40. The van der Waals surface area contributed by atoms with Gasteiger partial charge in [-0.3, -0.25) is 4.79 Å². The van der Waals surface area contributed by atoms with Crippen molar-refractivity contribution in [1.29, 1.82) is 0 Å². The summed E-state index contributed by atoms with van der Waals surface area (Å²) in [5.74, 6) is 0.0110. The van der Waals surface area contributed by atoms with E-state index in [4.69, 9.17) is 4.74 Å². The summed E-state index contributed by atoms with van der Waals surface area (Å²) in [6, 6.07) is 8.09. The lowest BCUT2D eigenvalue weighted by molar-refractivity contribution is -0.126. The standard InChI is InChI=1S/C20H27N3O3/c1-4-26-19(25)23-11-9-14(10-12-23)22-18(24)20(2,3)16-13-21-17-8-6-5-7-15(16)17/h5-8,13-14,21H,4,9-12H2,1-3H3,(H,22,24). The molecular weight excluding hydrogens is 330 g/mol. The van der Waals surface area contributed by atoms with Crippen LogP contribution in [0.5, 0.6) is 0 Å². The normalized spacial score (nSPS) is 15.9. The number of rotatable bonds is 4. The Bertz CT molecular complexity index is 788. The molecule has 0 aliphatic carbocycles.